The molecule has 2 aromatic rings. The molecule has 0 radical (unpaired) electrons. The number of anilines is 1. The summed E-state index contributed by atoms with van der Waals surface area (Å²) in [6, 6.07) is 6.81. The van der Waals surface area contributed by atoms with Crippen LogP contribution >= 0.6 is 0 Å². The Bertz CT molecular complexity index is 547. The number of amides is 1. The number of benzene rings is 1. The molecule has 0 unspecified atom stereocenters. The van der Waals surface area contributed by atoms with Gasteiger partial charge in [-0.05, 0) is 24.3 Å². The van der Waals surface area contributed by atoms with Crippen LogP contribution in [-0.2, 0) is 4.79 Å². The summed E-state index contributed by atoms with van der Waals surface area (Å²) in [6.45, 7) is 1.42. The fourth-order valence-electron chi connectivity index (χ4n) is 1.53. The number of hydrogen-bond acceptors (Lipinski definition) is 3. The second-order valence-electron chi connectivity index (χ2n) is 3.53. The van der Waals surface area contributed by atoms with Gasteiger partial charge in [0.05, 0.1) is 11.4 Å². The molecule has 0 spiro atoms. The second-order valence-corrected chi connectivity index (χ2v) is 3.53. The van der Waals surface area contributed by atoms with E-state index in [1.807, 2.05) is 0 Å². The molecule has 0 bridgehead atoms. The van der Waals surface area contributed by atoms with Crippen molar-refractivity contribution >= 4 is 17.9 Å². The third-order valence-corrected chi connectivity index (χ3v) is 2.22. The Morgan fingerprint density at radius 3 is 2.88 bits per heavy atom. The summed E-state index contributed by atoms with van der Waals surface area (Å²) < 4.78 is 1.62. The highest BCUT2D eigenvalue weighted by Crippen LogP contribution is 2.20. The molecule has 17 heavy (non-hydrogen) atoms. The molecule has 1 N–H and O–H groups in total. The molecule has 1 aromatic carbocycles. The predicted octanol–water partition coefficient (Wildman–Crippen LogP) is 1.64. The number of nitrogens with zero attached hydrogens (tertiary/aromatic N) is 2. The van der Waals surface area contributed by atoms with E-state index in [1.165, 1.54) is 6.92 Å². The smallest absolute Gasteiger partial charge is 0.221 e. The molecule has 5 nitrogen and oxygen atoms in total. The molecular weight excluding hydrogens is 218 g/mol. The van der Waals surface area contributed by atoms with Gasteiger partial charge in [0.25, 0.3) is 0 Å². The first-order chi connectivity index (χ1) is 8.20. The lowest BCUT2D eigenvalue weighted by molar-refractivity contribution is -0.114. The summed E-state index contributed by atoms with van der Waals surface area (Å²) in [5, 5.41) is 6.76. The number of hydrogen-bond donors (Lipinski definition) is 1. The largest absolute Gasteiger partial charge is 0.324 e. The number of carbonyl (C=O) groups is 2. The lowest BCUT2D eigenvalue weighted by Crippen LogP contribution is -2.10. The number of aldehydes is 1. The predicted molar refractivity (Wildman–Crippen MR) is 63.3 cm³/mol. The van der Waals surface area contributed by atoms with E-state index in [0.717, 1.165) is 12.0 Å². The molecular formula is C12H11N3O2. The molecule has 5 heteroatoms. The summed E-state index contributed by atoms with van der Waals surface area (Å²) in [7, 11) is 0. The standard InChI is InChI=1S/C12H11N3O2/c1-9(17)14-11-7-10(8-16)3-4-12(11)15-6-2-5-13-15/h2-8H,1H3,(H,14,17). The van der Waals surface area contributed by atoms with Crippen LogP contribution in [0.15, 0.2) is 36.7 Å². The van der Waals surface area contributed by atoms with E-state index < -0.39 is 0 Å². The van der Waals surface area contributed by atoms with E-state index in [1.54, 1.807) is 41.3 Å². The van der Waals surface area contributed by atoms with Crippen molar-refractivity contribution in [2.45, 2.75) is 6.92 Å². The highest BCUT2D eigenvalue weighted by atomic mass is 16.1. The third kappa shape index (κ3) is 2.39. The van der Waals surface area contributed by atoms with Crippen LogP contribution in [0.3, 0.4) is 0 Å². The van der Waals surface area contributed by atoms with Crippen LogP contribution in [0.2, 0.25) is 0 Å². The van der Waals surface area contributed by atoms with Crippen molar-refractivity contribution in [3.8, 4) is 5.69 Å². The first kappa shape index (κ1) is 11.1. The highest BCUT2D eigenvalue weighted by molar-refractivity contribution is 5.92. The Kier molecular flexibility index (Phi) is 3.00. The average Bonchev–Trinajstić information content (AvgIpc) is 2.81. The Morgan fingerprint density at radius 1 is 1.47 bits per heavy atom. The van der Waals surface area contributed by atoms with Gasteiger partial charge in [-0.2, -0.15) is 5.10 Å². The minimum Gasteiger partial charge on any atom is -0.324 e. The molecule has 0 fully saturated rings. The van der Waals surface area contributed by atoms with E-state index in [-0.39, 0.29) is 5.91 Å². The molecule has 1 aromatic heterocycles. The average molecular weight is 229 g/mol. The van der Waals surface area contributed by atoms with Gasteiger partial charge in [-0.15, -0.1) is 0 Å². The van der Waals surface area contributed by atoms with Crippen molar-refractivity contribution < 1.29 is 9.59 Å². The maximum absolute atomic E-state index is 11.1. The van der Waals surface area contributed by atoms with Crippen molar-refractivity contribution in [1.29, 1.82) is 0 Å². The fraction of sp³-hybridized carbons (Fsp3) is 0.0833. The monoisotopic (exact) mass is 229 g/mol. The summed E-state index contributed by atoms with van der Waals surface area (Å²) in [5.74, 6) is -0.193. The zero-order chi connectivity index (χ0) is 12.3. The van der Waals surface area contributed by atoms with Crippen molar-refractivity contribution in [2.24, 2.45) is 0 Å². The second kappa shape index (κ2) is 4.61. The molecule has 0 aliphatic heterocycles. The zero-order valence-electron chi connectivity index (χ0n) is 9.25. The molecule has 0 atom stereocenters. The van der Waals surface area contributed by atoms with Crippen LogP contribution in [-0.4, -0.2) is 22.0 Å². The van der Waals surface area contributed by atoms with Crippen LogP contribution in [0.4, 0.5) is 5.69 Å². The normalized spacial score (nSPS) is 9.94. The van der Waals surface area contributed by atoms with Crippen LogP contribution in [0, 0.1) is 0 Å². The van der Waals surface area contributed by atoms with Crippen molar-refractivity contribution in [1.82, 2.24) is 9.78 Å². The van der Waals surface area contributed by atoms with E-state index in [0.29, 0.717) is 11.3 Å². The Balaban J connectivity index is 2.50. The fourth-order valence-corrected chi connectivity index (χ4v) is 1.53. The topological polar surface area (TPSA) is 64.0 Å². The van der Waals surface area contributed by atoms with E-state index in [2.05, 4.69) is 10.4 Å². The summed E-state index contributed by atoms with van der Waals surface area (Å²) >= 11 is 0. The third-order valence-electron chi connectivity index (χ3n) is 2.22. The van der Waals surface area contributed by atoms with Crippen molar-refractivity contribution in [3.63, 3.8) is 0 Å². The van der Waals surface area contributed by atoms with Crippen LogP contribution in [0.25, 0.3) is 5.69 Å². The molecule has 2 rings (SSSR count). The number of nitrogens with one attached hydrogen (secondary N) is 1. The Morgan fingerprint density at radius 2 is 2.29 bits per heavy atom. The molecule has 1 amide bonds. The lowest BCUT2D eigenvalue weighted by Gasteiger charge is -2.10. The van der Waals surface area contributed by atoms with Gasteiger partial charge in [-0.1, -0.05) is 0 Å². The van der Waals surface area contributed by atoms with Gasteiger partial charge in [0.15, 0.2) is 0 Å². The van der Waals surface area contributed by atoms with Crippen molar-refractivity contribution in [3.05, 3.63) is 42.2 Å². The van der Waals surface area contributed by atoms with Crippen molar-refractivity contribution in [2.75, 3.05) is 5.32 Å². The summed E-state index contributed by atoms with van der Waals surface area (Å²) in [4.78, 5) is 21.8. The minimum atomic E-state index is -0.193. The Hall–Kier alpha value is -2.43. The van der Waals surface area contributed by atoms with Crippen LogP contribution < -0.4 is 5.32 Å². The minimum absolute atomic E-state index is 0.193. The Labute approximate surface area is 98.1 Å². The first-order valence-electron chi connectivity index (χ1n) is 5.07. The zero-order valence-corrected chi connectivity index (χ0v) is 9.25. The molecule has 1 heterocycles. The van der Waals surface area contributed by atoms with E-state index in [9.17, 15) is 9.59 Å². The maximum atomic E-state index is 11.1. The number of aromatic nitrogens is 2. The lowest BCUT2D eigenvalue weighted by atomic mass is 10.2. The van der Waals surface area contributed by atoms with Gasteiger partial charge in [-0.25, -0.2) is 4.68 Å². The number of carbonyl (C=O) groups excluding carboxylic acids is 2. The quantitative estimate of drug-likeness (QED) is 0.814. The van der Waals surface area contributed by atoms with E-state index >= 15 is 0 Å². The van der Waals surface area contributed by atoms with Gasteiger partial charge in [-0.3, -0.25) is 9.59 Å². The highest BCUT2D eigenvalue weighted by Gasteiger charge is 2.07. The number of rotatable bonds is 3. The molecule has 0 aliphatic rings. The van der Waals surface area contributed by atoms with Crippen LogP contribution in [0.1, 0.15) is 17.3 Å². The molecule has 86 valence electrons. The van der Waals surface area contributed by atoms with Gasteiger partial charge in [0, 0.05) is 24.9 Å². The molecule has 0 saturated heterocycles. The summed E-state index contributed by atoms with van der Waals surface area (Å²) in [6.07, 6.45) is 4.14. The van der Waals surface area contributed by atoms with Gasteiger partial charge < -0.3 is 5.32 Å². The van der Waals surface area contributed by atoms with Gasteiger partial charge >= 0.3 is 0 Å². The molecule has 0 saturated carbocycles. The first-order valence-corrected chi connectivity index (χ1v) is 5.07. The van der Waals surface area contributed by atoms with Gasteiger partial charge in [0.2, 0.25) is 5.91 Å². The van der Waals surface area contributed by atoms with E-state index in [4.69, 9.17) is 0 Å². The molecule has 0 aliphatic carbocycles. The SMILES string of the molecule is CC(=O)Nc1cc(C=O)ccc1-n1cccn1. The van der Waals surface area contributed by atoms with Crippen LogP contribution in [0.5, 0.6) is 0 Å². The van der Waals surface area contributed by atoms with Gasteiger partial charge in [0.1, 0.15) is 6.29 Å². The summed E-state index contributed by atoms with van der Waals surface area (Å²) in [5.41, 5.74) is 1.78. The maximum Gasteiger partial charge on any atom is 0.221 e.